The quantitative estimate of drug-likeness (QED) is 0.730. The number of rotatable bonds is 6. The molecule has 0 spiro atoms. The smallest absolute Gasteiger partial charge is 0.196 e. The van der Waals surface area contributed by atoms with Crippen LogP contribution in [0.1, 0.15) is 55.4 Å². The standard InChI is InChI=1S/C22H28N8O2/c1-13(18-5-6-28(2)27-18)32-30-10-15(9-24-22(30)23)19-8-20(26-21(25-19)14-3-4-14)29-11-17-7-16(29)12-31-17/h5-6,8-10,13-14,16-17,22H,3-4,7,11-12,23H2,1-2H3/t13?,16-,17-,22?/m0/s1. The molecule has 2 unspecified atom stereocenters. The number of morpholine rings is 1. The molecule has 0 amide bonds. The second kappa shape index (κ2) is 7.65. The second-order valence-corrected chi connectivity index (χ2v) is 9.04. The molecule has 2 N–H and O–H groups in total. The first-order valence-corrected chi connectivity index (χ1v) is 11.3. The van der Waals surface area contributed by atoms with Crippen LogP contribution in [0.4, 0.5) is 5.82 Å². The van der Waals surface area contributed by atoms with Crippen LogP contribution in [0.3, 0.4) is 0 Å². The van der Waals surface area contributed by atoms with Crippen LogP contribution in [0, 0.1) is 0 Å². The number of hydrogen-bond acceptors (Lipinski definition) is 9. The van der Waals surface area contributed by atoms with Gasteiger partial charge in [0.25, 0.3) is 0 Å². The Hall–Kier alpha value is -2.82. The Morgan fingerprint density at radius 1 is 1.28 bits per heavy atom. The summed E-state index contributed by atoms with van der Waals surface area (Å²) in [5.74, 6) is 2.34. The van der Waals surface area contributed by atoms with Gasteiger partial charge in [-0.3, -0.25) is 20.2 Å². The Kier molecular flexibility index (Phi) is 4.74. The lowest BCUT2D eigenvalue weighted by Gasteiger charge is -2.30. The van der Waals surface area contributed by atoms with Crippen molar-refractivity contribution in [2.24, 2.45) is 17.8 Å². The maximum absolute atomic E-state index is 6.19. The fourth-order valence-electron chi connectivity index (χ4n) is 4.53. The van der Waals surface area contributed by atoms with Gasteiger partial charge in [-0.15, -0.1) is 0 Å². The van der Waals surface area contributed by atoms with E-state index in [4.69, 9.17) is 25.3 Å². The van der Waals surface area contributed by atoms with E-state index in [2.05, 4.69) is 21.1 Å². The summed E-state index contributed by atoms with van der Waals surface area (Å²) in [7, 11) is 1.88. The molecule has 2 aromatic rings. The summed E-state index contributed by atoms with van der Waals surface area (Å²) in [4.78, 5) is 22.7. The molecule has 168 valence electrons. The molecule has 3 aliphatic heterocycles. The van der Waals surface area contributed by atoms with Crippen molar-refractivity contribution in [2.45, 2.75) is 56.6 Å². The number of anilines is 1. The fourth-order valence-corrected chi connectivity index (χ4v) is 4.53. The predicted octanol–water partition coefficient (Wildman–Crippen LogP) is 1.73. The maximum atomic E-state index is 6.19. The van der Waals surface area contributed by atoms with Crippen LogP contribution in [-0.4, -0.2) is 62.6 Å². The van der Waals surface area contributed by atoms with E-state index < -0.39 is 6.29 Å². The molecule has 3 fully saturated rings. The highest BCUT2D eigenvalue weighted by atomic mass is 16.7. The van der Waals surface area contributed by atoms with Crippen molar-refractivity contribution in [3.8, 4) is 0 Å². The molecule has 2 bridgehead atoms. The van der Waals surface area contributed by atoms with Crippen LogP contribution in [0.2, 0.25) is 0 Å². The van der Waals surface area contributed by atoms with E-state index in [9.17, 15) is 0 Å². The average molecular weight is 437 g/mol. The van der Waals surface area contributed by atoms with E-state index in [1.807, 2.05) is 32.4 Å². The van der Waals surface area contributed by atoms with Gasteiger partial charge in [0.15, 0.2) is 6.29 Å². The summed E-state index contributed by atoms with van der Waals surface area (Å²) in [5.41, 5.74) is 8.71. The van der Waals surface area contributed by atoms with Gasteiger partial charge < -0.3 is 9.64 Å². The first-order chi connectivity index (χ1) is 15.5. The number of aromatic nitrogens is 4. The SMILES string of the molecule is CC(ON1C=C(c2cc(N3C[C@@H]4C[C@H]3CO4)nc(C3CC3)n2)C=NC1N)c1ccn(C)n1. The number of nitrogens with two attached hydrogens (primary N) is 1. The van der Waals surface area contributed by atoms with E-state index >= 15 is 0 Å². The number of allylic oxidation sites excluding steroid dienone is 1. The van der Waals surface area contributed by atoms with Crippen molar-refractivity contribution in [3.05, 3.63) is 41.7 Å². The largest absolute Gasteiger partial charge is 0.374 e. The molecule has 4 atom stereocenters. The highest BCUT2D eigenvalue weighted by Crippen LogP contribution is 2.40. The molecular formula is C22H28N8O2. The van der Waals surface area contributed by atoms with E-state index in [1.165, 1.54) is 0 Å². The molecule has 6 rings (SSSR count). The Bertz CT molecular complexity index is 1080. The van der Waals surface area contributed by atoms with Crippen LogP contribution >= 0.6 is 0 Å². The van der Waals surface area contributed by atoms with Gasteiger partial charge in [0, 0.05) is 49.8 Å². The van der Waals surface area contributed by atoms with Gasteiger partial charge in [-0.1, -0.05) is 0 Å². The molecule has 0 radical (unpaired) electrons. The topological polar surface area (TPSA) is 107 Å². The van der Waals surface area contributed by atoms with Crippen molar-refractivity contribution < 1.29 is 9.57 Å². The summed E-state index contributed by atoms with van der Waals surface area (Å²) in [6.07, 6.45) is 8.33. The summed E-state index contributed by atoms with van der Waals surface area (Å²) in [6.45, 7) is 3.61. The van der Waals surface area contributed by atoms with Gasteiger partial charge in [-0.2, -0.15) is 5.10 Å². The van der Waals surface area contributed by atoms with Gasteiger partial charge in [0.05, 0.1) is 30.1 Å². The summed E-state index contributed by atoms with van der Waals surface area (Å²) in [5, 5.41) is 6.00. The maximum Gasteiger partial charge on any atom is 0.196 e. The fraction of sp³-hybridized carbons (Fsp3) is 0.545. The second-order valence-electron chi connectivity index (χ2n) is 9.04. The zero-order valence-corrected chi connectivity index (χ0v) is 18.3. The highest BCUT2D eigenvalue weighted by Gasteiger charge is 2.40. The van der Waals surface area contributed by atoms with Crippen LogP contribution < -0.4 is 10.6 Å². The third-order valence-electron chi connectivity index (χ3n) is 6.49. The van der Waals surface area contributed by atoms with Crippen molar-refractivity contribution in [2.75, 3.05) is 18.1 Å². The molecule has 1 aliphatic carbocycles. The molecule has 10 heteroatoms. The predicted molar refractivity (Wildman–Crippen MR) is 118 cm³/mol. The first kappa shape index (κ1) is 19.8. The molecule has 5 heterocycles. The van der Waals surface area contributed by atoms with Crippen molar-refractivity contribution in [1.82, 2.24) is 24.8 Å². The van der Waals surface area contributed by atoms with E-state index in [-0.39, 0.29) is 6.10 Å². The van der Waals surface area contributed by atoms with Gasteiger partial charge >= 0.3 is 0 Å². The van der Waals surface area contributed by atoms with Crippen molar-refractivity contribution in [1.29, 1.82) is 0 Å². The van der Waals surface area contributed by atoms with Crippen molar-refractivity contribution >= 4 is 17.6 Å². The minimum Gasteiger partial charge on any atom is -0.374 e. The van der Waals surface area contributed by atoms with Gasteiger partial charge in [-0.25, -0.2) is 15.0 Å². The number of ether oxygens (including phenoxy) is 1. The summed E-state index contributed by atoms with van der Waals surface area (Å²) < 4.78 is 7.53. The zero-order chi connectivity index (χ0) is 21.8. The van der Waals surface area contributed by atoms with E-state index in [0.29, 0.717) is 18.1 Å². The lowest BCUT2D eigenvalue weighted by molar-refractivity contribution is -0.184. The summed E-state index contributed by atoms with van der Waals surface area (Å²) >= 11 is 0. The summed E-state index contributed by atoms with van der Waals surface area (Å²) in [6, 6.07) is 4.39. The normalized spacial score (nSPS) is 27.8. The number of aryl methyl sites for hydroxylation is 1. The molecule has 2 saturated heterocycles. The van der Waals surface area contributed by atoms with E-state index in [1.54, 1.807) is 16.0 Å². The molecular weight excluding hydrogens is 408 g/mol. The molecule has 4 aliphatic rings. The first-order valence-electron chi connectivity index (χ1n) is 11.3. The Balaban J connectivity index is 1.29. The number of nitrogens with zero attached hydrogens (tertiary/aromatic N) is 7. The lowest BCUT2D eigenvalue weighted by atomic mass is 10.1. The molecule has 2 aromatic heterocycles. The third-order valence-corrected chi connectivity index (χ3v) is 6.49. The molecule has 10 nitrogen and oxygen atoms in total. The highest BCUT2D eigenvalue weighted by molar-refractivity contribution is 6.09. The Labute approximate surface area is 186 Å². The Morgan fingerprint density at radius 3 is 2.84 bits per heavy atom. The number of hydrogen-bond donors (Lipinski definition) is 1. The zero-order valence-electron chi connectivity index (χ0n) is 18.3. The van der Waals surface area contributed by atoms with Crippen LogP contribution in [0.25, 0.3) is 5.57 Å². The minimum atomic E-state index is -0.624. The minimum absolute atomic E-state index is 0.267. The monoisotopic (exact) mass is 436 g/mol. The van der Waals surface area contributed by atoms with Crippen LogP contribution in [0.15, 0.2) is 29.5 Å². The third kappa shape index (κ3) is 3.68. The van der Waals surface area contributed by atoms with Gasteiger partial charge in [0.2, 0.25) is 0 Å². The van der Waals surface area contributed by atoms with E-state index in [0.717, 1.165) is 61.0 Å². The number of hydroxylamine groups is 2. The Morgan fingerprint density at radius 2 is 2.16 bits per heavy atom. The number of aliphatic imine (C=N–C) groups is 1. The molecule has 0 aromatic carbocycles. The molecule has 32 heavy (non-hydrogen) atoms. The van der Waals surface area contributed by atoms with Crippen LogP contribution in [0.5, 0.6) is 0 Å². The molecule has 1 saturated carbocycles. The number of fused-ring (bicyclic) bond motifs is 2. The van der Waals surface area contributed by atoms with Crippen LogP contribution in [-0.2, 0) is 16.6 Å². The van der Waals surface area contributed by atoms with Gasteiger partial charge in [-0.05, 0) is 32.3 Å². The van der Waals surface area contributed by atoms with Gasteiger partial charge in [0.1, 0.15) is 17.7 Å². The van der Waals surface area contributed by atoms with Crippen molar-refractivity contribution in [3.63, 3.8) is 0 Å². The average Bonchev–Trinajstić information content (AvgIpc) is 3.19. The lowest BCUT2D eigenvalue weighted by Crippen LogP contribution is -2.40.